The van der Waals surface area contributed by atoms with Crippen LogP contribution in [0.3, 0.4) is 0 Å². The highest BCUT2D eigenvalue weighted by Gasteiger charge is 2.58. The van der Waals surface area contributed by atoms with Gasteiger partial charge in [-0.15, -0.1) is 11.3 Å². The highest BCUT2D eigenvalue weighted by atomic mass is 32.1. The van der Waals surface area contributed by atoms with Crippen LogP contribution >= 0.6 is 11.3 Å². The second-order valence-electron chi connectivity index (χ2n) is 7.67. The van der Waals surface area contributed by atoms with Gasteiger partial charge in [-0.25, -0.2) is 0 Å². The lowest BCUT2D eigenvalue weighted by atomic mass is 9.68. The van der Waals surface area contributed by atoms with Crippen molar-refractivity contribution in [1.29, 1.82) is 0 Å². The van der Waals surface area contributed by atoms with Crippen LogP contribution < -0.4 is 5.32 Å². The molecule has 2 bridgehead atoms. The van der Waals surface area contributed by atoms with E-state index in [0.29, 0.717) is 16.9 Å². The van der Waals surface area contributed by atoms with Gasteiger partial charge in [-0.3, -0.25) is 0 Å². The third kappa shape index (κ3) is 2.08. The summed E-state index contributed by atoms with van der Waals surface area (Å²) < 4.78 is 0. The molecule has 1 nitrogen and oxygen atoms in total. The Bertz CT molecular complexity index is 483. The summed E-state index contributed by atoms with van der Waals surface area (Å²) in [6, 6.07) is 3.04. The molecule has 106 valence electrons. The van der Waals surface area contributed by atoms with Crippen LogP contribution in [0.1, 0.15) is 55.4 Å². The molecule has 19 heavy (non-hydrogen) atoms. The van der Waals surface area contributed by atoms with Crippen LogP contribution in [0.25, 0.3) is 0 Å². The molecule has 0 amide bonds. The summed E-state index contributed by atoms with van der Waals surface area (Å²) >= 11 is 1.93. The van der Waals surface area contributed by atoms with Crippen LogP contribution in [0.5, 0.6) is 0 Å². The zero-order valence-corrected chi connectivity index (χ0v) is 13.8. The number of fused-ring (bicyclic) bond motifs is 2. The Labute approximate surface area is 121 Å². The number of thiophene rings is 1. The van der Waals surface area contributed by atoms with Crippen molar-refractivity contribution in [2.24, 2.45) is 16.7 Å². The van der Waals surface area contributed by atoms with Crippen LogP contribution in [0.4, 0.5) is 0 Å². The van der Waals surface area contributed by atoms with Crippen molar-refractivity contribution in [1.82, 2.24) is 5.32 Å². The molecule has 0 radical (unpaired) electrons. The normalized spacial score (nSPS) is 36.1. The predicted molar refractivity (Wildman–Crippen MR) is 83.6 cm³/mol. The number of nitrogens with one attached hydrogen (secondary N) is 1. The first-order chi connectivity index (χ1) is 8.83. The van der Waals surface area contributed by atoms with Crippen molar-refractivity contribution >= 4 is 11.3 Å². The fourth-order valence-electron chi connectivity index (χ4n) is 4.88. The second kappa shape index (κ2) is 4.33. The Kier molecular flexibility index (Phi) is 3.10. The molecule has 2 heteroatoms. The molecular weight excluding hydrogens is 250 g/mol. The van der Waals surface area contributed by atoms with E-state index in [2.05, 4.69) is 46.0 Å². The molecule has 3 rings (SSSR count). The van der Waals surface area contributed by atoms with Gasteiger partial charge in [0.25, 0.3) is 0 Å². The zero-order chi connectivity index (χ0) is 13.8. The first-order valence-electron chi connectivity index (χ1n) is 7.62. The molecule has 0 spiro atoms. The quantitative estimate of drug-likeness (QED) is 0.846. The summed E-state index contributed by atoms with van der Waals surface area (Å²) in [4.78, 5) is 2.92. The molecule has 1 aromatic rings. The Morgan fingerprint density at radius 1 is 1.32 bits per heavy atom. The maximum Gasteiger partial charge on any atom is 0.0219 e. The standard InChI is InChI=1S/C17H27NS/c1-11-8-13(12(2)19-11)10-18-15-16(3,4)14-6-7-17(15,5)9-14/h8,14-15,18H,6-7,9-10H2,1-5H3. The maximum absolute atomic E-state index is 3.92. The van der Waals surface area contributed by atoms with Crippen LogP contribution in [-0.2, 0) is 6.54 Å². The van der Waals surface area contributed by atoms with Gasteiger partial charge >= 0.3 is 0 Å². The highest BCUT2D eigenvalue weighted by Crippen LogP contribution is 2.62. The first-order valence-corrected chi connectivity index (χ1v) is 8.44. The van der Waals surface area contributed by atoms with Crippen molar-refractivity contribution in [3.63, 3.8) is 0 Å². The Morgan fingerprint density at radius 2 is 2.05 bits per heavy atom. The van der Waals surface area contributed by atoms with E-state index >= 15 is 0 Å². The number of rotatable bonds is 3. The lowest BCUT2D eigenvalue weighted by Gasteiger charge is -2.43. The predicted octanol–water partition coefficient (Wildman–Crippen LogP) is 4.67. The summed E-state index contributed by atoms with van der Waals surface area (Å²) in [5.74, 6) is 0.931. The van der Waals surface area contributed by atoms with Gasteiger partial charge in [-0.2, -0.15) is 0 Å². The summed E-state index contributed by atoms with van der Waals surface area (Å²) in [5, 5.41) is 3.92. The zero-order valence-electron chi connectivity index (χ0n) is 13.0. The first kappa shape index (κ1) is 13.6. The number of hydrogen-bond donors (Lipinski definition) is 1. The minimum Gasteiger partial charge on any atom is -0.309 e. The fraction of sp³-hybridized carbons (Fsp3) is 0.765. The average molecular weight is 277 g/mol. The number of hydrogen-bond acceptors (Lipinski definition) is 2. The largest absolute Gasteiger partial charge is 0.309 e. The van der Waals surface area contributed by atoms with Gasteiger partial charge in [0.2, 0.25) is 0 Å². The summed E-state index contributed by atoms with van der Waals surface area (Å²) in [7, 11) is 0. The van der Waals surface area contributed by atoms with E-state index in [4.69, 9.17) is 0 Å². The fourth-order valence-corrected chi connectivity index (χ4v) is 5.83. The lowest BCUT2D eigenvalue weighted by molar-refractivity contribution is 0.108. The minimum atomic E-state index is 0.464. The van der Waals surface area contributed by atoms with Crippen molar-refractivity contribution in [3.05, 3.63) is 21.4 Å². The summed E-state index contributed by atoms with van der Waals surface area (Å²) in [6.45, 7) is 13.0. The van der Waals surface area contributed by atoms with Gasteiger partial charge < -0.3 is 5.32 Å². The van der Waals surface area contributed by atoms with Crippen LogP contribution in [0.15, 0.2) is 6.07 Å². The Balaban J connectivity index is 1.75. The van der Waals surface area contributed by atoms with E-state index in [1.807, 2.05) is 11.3 Å². The van der Waals surface area contributed by atoms with E-state index in [-0.39, 0.29) is 0 Å². The van der Waals surface area contributed by atoms with Gasteiger partial charge in [-0.05, 0) is 61.5 Å². The maximum atomic E-state index is 3.92. The monoisotopic (exact) mass is 277 g/mol. The average Bonchev–Trinajstić information content (AvgIpc) is 2.88. The smallest absolute Gasteiger partial charge is 0.0219 e. The molecule has 1 N–H and O–H groups in total. The Morgan fingerprint density at radius 3 is 2.58 bits per heavy atom. The lowest BCUT2D eigenvalue weighted by Crippen LogP contribution is -2.49. The molecule has 0 aromatic carbocycles. The van der Waals surface area contributed by atoms with Crippen molar-refractivity contribution in [2.75, 3.05) is 0 Å². The molecular formula is C17H27NS. The van der Waals surface area contributed by atoms with Crippen molar-refractivity contribution in [2.45, 2.75) is 66.5 Å². The molecule has 2 fully saturated rings. The van der Waals surface area contributed by atoms with E-state index < -0.39 is 0 Å². The second-order valence-corrected chi connectivity index (χ2v) is 9.13. The van der Waals surface area contributed by atoms with E-state index in [1.54, 1.807) is 0 Å². The van der Waals surface area contributed by atoms with Crippen LogP contribution in [0.2, 0.25) is 0 Å². The molecule has 2 saturated carbocycles. The highest BCUT2D eigenvalue weighted by molar-refractivity contribution is 7.12. The van der Waals surface area contributed by atoms with Gasteiger partial charge in [0.15, 0.2) is 0 Å². The molecule has 0 aliphatic heterocycles. The molecule has 1 aromatic heterocycles. The van der Waals surface area contributed by atoms with E-state index in [1.165, 1.54) is 34.6 Å². The molecule has 2 aliphatic carbocycles. The topological polar surface area (TPSA) is 12.0 Å². The summed E-state index contributed by atoms with van der Waals surface area (Å²) in [5.41, 5.74) is 2.50. The third-order valence-corrected chi connectivity index (χ3v) is 6.92. The molecule has 0 saturated heterocycles. The molecule has 2 aliphatic rings. The molecule has 1 heterocycles. The van der Waals surface area contributed by atoms with Crippen molar-refractivity contribution in [3.8, 4) is 0 Å². The molecule has 3 unspecified atom stereocenters. The van der Waals surface area contributed by atoms with E-state index in [9.17, 15) is 0 Å². The van der Waals surface area contributed by atoms with E-state index in [0.717, 1.165) is 12.5 Å². The Hall–Kier alpha value is -0.340. The summed E-state index contributed by atoms with van der Waals surface area (Å²) in [6.07, 6.45) is 4.29. The minimum absolute atomic E-state index is 0.464. The van der Waals surface area contributed by atoms with Crippen LogP contribution in [0, 0.1) is 30.6 Å². The van der Waals surface area contributed by atoms with Gasteiger partial charge in [0.1, 0.15) is 0 Å². The van der Waals surface area contributed by atoms with Gasteiger partial charge in [-0.1, -0.05) is 20.8 Å². The third-order valence-electron chi connectivity index (χ3n) is 5.91. The van der Waals surface area contributed by atoms with Gasteiger partial charge in [0, 0.05) is 22.3 Å². The SMILES string of the molecule is Cc1cc(CNC2C3(C)CCC(C3)C2(C)C)c(C)s1. The van der Waals surface area contributed by atoms with Crippen molar-refractivity contribution < 1.29 is 0 Å². The van der Waals surface area contributed by atoms with Gasteiger partial charge in [0.05, 0.1) is 0 Å². The van der Waals surface area contributed by atoms with Crippen LogP contribution in [-0.4, -0.2) is 6.04 Å². The number of aryl methyl sites for hydroxylation is 2. The molecule has 3 atom stereocenters.